The number of aryl methyl sites for hydroxylation is 3. The molecule has 0 saturated carbocycles. The van der Waals surface area contributed by atoms with Gasteiger partial charge in [-0.25, -0.2) is 8.42 Å². The van der Waals surface area contributed by atoms with Crippen LogP contribution in [0.1, 0.15) is 29.5 Å². The van der Waals surface area contributed by atoms with Crippen LogP contribution in [-0.4, -0.2) is 38.8 Å². The third-order valence-electron chi connectivity index (χ3n) is 5.38. The summed E-state index contributed by atoms with van der Waals surface area (Å²) in [6, 6.07) is 10.4. The smallest absolute Gasteiger partial charge is 0.243 e. The van der Waals surface area contributed by atoms with E-state index >= 15 is 0 Å². The molecule has 2 aromatic rings. The normalized spacial score (nSPS) is 17.7. The quantitative estimate of drug-likeness (QED) is 0.807. The molecule has 0 bridgehead atoms. The van der Waals surface area contributed by atoms with Gasteiger partial charge in [-0.15, -0.1) is 0 Å². The molecule has 0 aliphatic carbocycles. The van der Waals surface area contributed by atoms with Gasteiger partial charge in [0.05, 0.1) is 17.9 Å². The van der Waals surface area contributed by atoms with Gasteiger partial charge in [0.15, 0.2) is 0 Å². The zero-order valence-corrected chi connectivity index (χ0v) is 18.2. The first-order chi connectivity index (χ1) is 13.7. The van der Waals surface area contributed by atoms with Gasteiger partial charge in [-0.05, 0) is 69.0 Å². The van der Waals surface area contributed by atoms with Crippen molar-refractivity contribution in [2.75, 3.05) is 25.5 Å². The van der Waals surface area contributed by atoms with Gasteiger partial charge in [-0.1, -0.05) is 17.7 Å². The van der Waals surface area contributed by atoms with Crippen molar-refractivity contribution in [1.82, 2.24) is 4.31 Å². The highest BCUT2D eigenvalue weighted by atomic mass is 32.2. The first-order valence-corrected chi connectivity index (χ1v) is 11.2. The Labute approximate surface area is 172 Å². The highest BCUT2D eigenvalue weighted by Crippen LogP contribution is 2.27. The Morgan fingerprint density at radius 1 is 1.10 bits per heavy atom. The Hall–Kier alpha value is -2.38. The van der Waals surface area contributed by atoms with Crippen LogP contribution in [0.5, 0.6) is 5.75 Å². The molecule has 1 aliphatic heterocycles. The number of rotatable bonds is 5. The zero-order valence-electron chi connectivity index (χ0n) is 17.4. The van der Waals surface area contributed by atoms with Crippen molar-refractivity contribution in [1.29, 1.82) is 0 Å². The summed E-state index contributed by atoms with van der Waals surface area (Å²) in [6.07, 6.45) is 1.32. The lowest BCUT2D eigenvalue weighted by molar-refractivity contribution is -0.120. The van der Waals surface area contributed by atoms with Crippen LogP contribution < -0.4 is 10.1 Å². The zero-order chi connectivity index (χ0) is 21.2. The summed E-state index contributed by atoms with van der Waals surface area (Å²) >= 11 is 0. The minimum Gasteiger partial charge on any atom is -0.497 e. The van der Waals surface area contributed by atoms with Gasteiger partial charge in [0.25, 0.3) is 0 Å². The number of piperidine rings is 1. The first-order valence-electron chi connectivity index (χ1n) is 9.75. The molecule has 156 valence electrons. The minimum atomic E-state index is -3.65. The van der Waals surface area contributed by atoms with Crippen molar-refractivity contribution in [2.45, 2.75) is 38.5 Å². The molecule has 2 aromatic carbocycles. The molecule has 0 aromatic heterocycles. The molecule has 0 radical (unpaired) electrons. The standard InChI is InChI=1S/C22H28N2O4S/c1-15-12-16(2)21(17(3)13-15)23-22(25)18-6-5-11-24(14-18)29(26,27)20-9-7-19(28-4)8-10-20/h7-10,12-13,18H,5-6,11,14H2,1-4H3,(H,23,25). The lowest BCUT2D eigenvalue weighted by Gasteiger charge is -2.31. The summed E-state index contributed by atoms with van der Waals surface area (Å²) in [7, 11) is -2.11. The van der Waals surface area contributed by atoms with Crippen molar-refractivity contribution in [3.63, 3.8) is 0 Å². The van der Waals surface area contributed by atoms with Crippen LogP contribution in [0.4, 0.5) is 5.69 Å². The molecule has 1 aliphatic rings. The molecule has 1 fully saturated rings. The lowest BCUT2D eigenvalue weighted by atomic mass is 9.98. The Kier molecular flexibility index (Phi) is 6.29. The highest BCUT2D eigenvalue weighted by molar-refractivity contribution is 7.89. The van der Waals surface area contributed by atoms with Crippen LogP contribution in [0.3, 0.4) is 0 Å². The van der Waals surface area contributed by atoms with E-state index in [1.807, 2.05) is 32.9 Å². The van der Waals surface area contributed by atoms with Gasteiger partial charge in [-0.2, -0.15) is 4.31 Å². The van der Waals surface area contributed by atoms with Crippen molar-refractivity contribution in [3.05, 3.63) is 53.1 Å². The number of nitrogens with one attached hydrogen (secondary N) is 1. The van der Waals surface area contributed by atoms with E-state index in [0.717, 1.165) is 22.4 Å². The van der Waals surface area contributed by atoms with E-state index in [0.29, 0.717) is 25.1 Å². The van der Waals surface area contributed by atoms with Crippen molar-refractivity contribution in [3.8, 4) is 5.75 Å². The third kappa shape index (κ3) is 4.62. The predicted molar refractivity (Wildman–Crippen MR) is 114 cm³/mol. The monoisotopic (exact) mass is 416 g/mol. The van der Waals surface area contributed by atoms with E-state index in [1.165, 1.54) is 23.5 Å². The Balaban J connectivity index is 1.75. The minimum absolute atomic E-state index is 0.130. The molecule has 0 spiro atoms. The second-order valence-electron chi connectivity index (χ2n) is 7.64. The number of carbonyl (C=O) groups excluding carboxylic acids is 1. The van der Waals surface area contributed by atoms with E-state index in [2.05, 4.69) is 5.32 Å². The number of benzene rings is 2. The number of ether oxygens (including phenoxy) is 1. The molecule has 1 amide bonds. The second kappa shape index (κ2) is 8.55. The molecular weight excluding hydrogens is 388 g/mol. The summed E-state index contributed by atoms with van der Waals surface area (Å²) in [5.74, 6) is 0.0928. The topological polar surface area (TPSA) is 75.7 Å². The van der Waals surface area contributed by atoms with Crippen LogP contribution >= 0.6 is 0 Å². The Morgan fingerprint density at radius 3 is 2.31 bits per heavy atom. The molecule has 1 saturated heterocycles. The van der Waals surface area contributed by atoms with Crippen LogP contribution in [0.25, 0.3) is 0 Å². The van der Waals surface area contributed by atoms with E-state index in [-0.39, 0.29) is 23.3 Å². The fourth-order valence-corrected chi connectivity index (χ4v) is 5.40. The van der Waals surface area contributed by atoms with Crippen molar-refractivity contribution in [2.24, 2.45) is 5.92 Å². The van der Waals surface area contributed by atoms with Gasteiger partial charge in [0.2, 0.25) is 15.9 Å². The Morgan fingerprint density at radius 2 is 1.72 bits per heavy atom. The van der Waals surface area contributed by atoms with Gasteiger partial charge >= 0.3 is 0 Å². The fourth-order valence-electron chi connectivity index (χ4n) is 3.87. The number of sulfonamides is 1. The molecule has 29 heavy (non-hydrogen) atoms. The summed E-state index contributed by atoms with van der Waals surface area (Å²) in [5, 5.41) is 3.03. The van der Waals surface area contributed by atoms with Crippen LogP contribution in [-0.2, 0) is 14.8 Å². The molecule has 1 unspecified atom stereocenters. The van der Waals surface area contributed by atoms with Crippen molar-refractivity contribution < 1.29 is 17.9 Å². The summed E-state index contributed by atoms with van der Waals surface area (Å²) < 4.78 is 32.5. The largest absolute Gasteiger partial charge is 0.497 e. The number of methoxy groups -OCH3 is 1. The first kappa shape index (κ1) is 21.3. The van der Waals surface area contributed by atoms with Crippen LogP contribution in [0, 0.1) is 26.7 Å². The predicted octanol–water partition coefficient (Wildman–Crippen LogP) is 3.66. The lowest BCUT2D eigenvalue weighted by Crippen LogP contribution is -2.43. The highest BCUT2D eigenvalue weighted by Gasteiger charge is 2.33. The average molecular weight is 417 g/mol. The van der Waals surface area contributed by atoms with Gasteiger partial charge < -0.3 is 10.1 Å². The van der Waals surface area contributed by atoms with Crippen LogP contribution in [0.15, 0.2) is 41.3 Å². The molecule has 3 rings (SSSR count). The molecule has 1 atom stereocenters. The average Bonchev–Trinajstić information content (AvgIpc) is 2.70. The molecule has 1 heterocycles. The SMILES string of the molecule is COc1ccc(S(=O)(=O)N2CCCC(C(=O)Nc3c(C)cc(C)cc3C)C2)cc1. The number of nitrogens with zero attached hydrogens (tertiary/aromatic N) is 1. The summed E-state index contributed by atoms with van der Waals surface area (Å²) in [4.78, 5) is 13.1. The maximum Gasteiger partial charge on any atom is 0.243 e. The number of hydrogen-bond acceptors (Lipinski definition) is 4. The van der Waals surface area contributed by atoms with E-state index in [4.69, 9.17) is 4.74 Å². The number of hydrogen-bond donors (Lipinski definition) is 1. The van der Waals surface area contributed by atoms with Gasteiger partial charge in [0, 0.05) is 18.8 Å². The fraction of sp³-hybridized carbons (Fsp3) is 0.409. The van der Waals surface area contributed by atoms with Crippen molar-refractivity contribution >= 4 is 21.6 Å². The summed E-state index contributed by atoms with van der Waals surface area (Å²) in [6.45, 7) is 6.56. The third-order valence-corrected chi connectivity index (χ3v) is 7.26. The van der Waals surface area contributed by atoms with Crippen LogP contribution in [0.2, 0.25) is 0 Å². The van der Waals surface area contributed by atoms with Gasteiger partial charge in [-0.3, -0.25) is 4.79 Å². The number of carbonyl (C=O) groups is 1. The number of anilines is 1. The molecule has 6 nitrogen and oxygen atoms in total. The Bertz CT molecular complexity index is 977. The van der Waals surface area contributed by atoms with E-state index in [9.17, 15) is 13.2 Å². The second-order valence-corrected chi connectivity index (χ2v) is 9.58. The van der Waals surface area contributed by atoms with E-state index in [1.54, 1.807) is 12.1 Å². The number of amides is 1. The summed E-state index contributed by atoms with van der Waals surface area (Å²) in [5.41, 5.74) is 3.98. The molecular formula is C22H28N2O4S. The molecule has 7 heteroatoms. The van der Waals surface area contributed by atoms with E-state index < -0.39 is 10.0 Å². The maximum atomic E-state index is 13.0. The van der Waals surface area contributed by atoms with Gasteiger partial charge in [0.1, 0.15) is 5.75 Å². The maximum absolute atomic E-state index is 13.0. The molecule has 1 N–H and O–H groups in total.